The molecule has 0 N–H and O–H groups in total. The summed E-state index contributed by atoms with van der Waals surface area (Å²) in [5.41, 5.74) is 3.27. The second kappa shape index (κ2) is 7.15. The van der Waals surface area contributed by atoms with E-state index in [1.54, 1.807) is 0 Å². The van der Waals surface area contributed by atoms with Crippen molar-refractivity contribution in [2.45, 2.75) is 58.5 Å². The summed E-state index contributed by atoms with van der Waals surface area (Å²) in [5, 5.41) is 0.243. The van der Waals surface area contributed by atoms with Crippen molar-refractivity contribution < 1.29 is 4.43 Å². The molecule has 0 spiro atoms. The zero-order chi connectivity index (χ0) is 15.2. The molecule has 0 bridgehead atoms. The van der Waals surface area contributed by atoms with E-state index in [2.05, 4.69) is 76.8 Å². The lowest BCUT2D eigenvalue weighted by atomic mass is 10.2. The summed E-state index contributed by atoms with van der Waals surface area (Å²) in [6.07, 6.45) is 3.64. The minimum atomic E-state index is -1.65. The van der Waals surface area contributed by atoms with Crippen molar-refractivity contribution >= 4 is 16.4 Å². The predicted molar refractivity (Wildman–Crippen MR) is 91.2 cm³/mol. The van der Waals surface area contributed by atoms with E-state index in [1.807, 2.05) is 12.2 Å². The van der Waals surface area contributed by atoms with E-state index in [9.17, 15) is 0 Å². The summed E-state index contributed by atoms with van der Waals surface area (Å²) in [6, 6.07) is 0. The Kier molecular flexibility index (Phi) is 6.87. The maximum Gasteiger partial charge on any atom is 0.193 e. The molecule has 19 heavy (non-hydrogen) atoms. The van der Waals surface area contributed by atoms with Crippen LogP contribution in [-0.4, -0.2) is 23.0 Å². The van der Waals surface area contributed by atoms with Gasteiger partial charge in [0.1, 0.15) is 8.07 Å². The Morgan fingerprint density at radius 3 is 1.95 bits per heavy atom. The van der Waals surface area contributed by atoms with Crippen molar-refractivity contribution in [1.82, 2.24) is 0 Å². The molecule has 3 heteroatoms. The monoisotopic (exact) mass is 292 g/mol. The molecule has 0 unspecified atom stereocenters. The van der Waals surface area contributed by atoms with Crippen LogP contribution >= 0.6 is 0 Å². The van der Waals surface area contributed by atoms with Gasteiger partial charge in [-0.25, -0.2) is 0 Å². The smallest absolute Gasteiger partial charge is 0.193 e. The van der Waals surface area contributed by atoms with Crippen molar-refractivity contribution in [3.63, 3.8) is 0 Å². The molecule has 0 radical (unpaired) electrons. The van der Waals surface area contributed by atoms with E-state index in [0.717, 1.165) is 0 Å². The predicted octanol–water partition coefficient (Wildman–Crippen LogP) is 4.45. The zero-order valence-electron chi connectivity index (χ0n) is 13.8. The Hall–Kier alpha value is -0.746. The van der Waals surface area contributed by atoms with E-state index in [1.165, 1.54) is 0 Å². The summed E-state index contributed by atoms with van der Waals surface area (Å²) in [7, 11) is -2.91. The van der Waals surface area contributed by atoms with Gasteiger partial charge in [-0.1, -0.05) is 58.2 Å². The van der Waals surface area contributed by atoms with E-state index in [0.29, 0.717) is 6.61 Å². The molecule has 0 amide bonds. The third-order valence-corrected chi connectivity index (χ3v) is 8.48. The molecule has 106 valence electrons. The van der Waals surface area contributed by atoms with Crippen molar-refractivity contribution in [3.05, 3.63) is 12.2 Å². The fourth-order valence-corrected chi connectivity index (χ4v) is 2.26. The van der Waals surface area contributed by atoms with Crippen LogP contribution in [0.15, 0.2) is 12.2 Å². The number of hydrogen-bond acceptors (Lipinski definition) is 1. The van der Waals surface area contributed by atoms with Crippen molar-refractivity contribution in [3.8, 4) is 23.3 Å². The summed E-state index contributed by atoms with van der Waals surface area (Å²) in [5.74, 6) is 9.06. The van der Waals surface area contributed by atoms with Gasteiger partial charge in [0.2, 0.25) is 0 Å². The molecule has 0 aliphatic heterocycles. The molecule has 0 heterocycles. The fourth-order valence-electron chi connectivity index (χ4n) is 0.875. The highest BCUT2D eigenvalue weighted by atomic mass is 28.4. The molecular formula is C16H28OSi2. The van der Waals surface area contributed by atoms with E-state index in [-0.39, 0.29) is 5.04 Å². The van der Waals surface area contributed by atoms with Gasteiger partial charge >= 0.3 is 0 Å². The Morgan fingerprint density at radius 2 is 1.47 bits per heavy atom. The topological polar surface area (TPSA) is 9.23 Å². The highest BCUT2D eigenvalue weighted by Crippen LogP contribution is 2.36. The lowest BCUT2D eigenvalue weighted by Gasteiger charge is -2.35. The largest absolute Gasteiger partial charge is 0.406 e. The molecule has 0 saturated carbocycles. The third kappa shape index (κ3) is 8.89. The van der Waals surface area contributed by atoms with E-state index < -0.39 is 16.4 Å². The molecule has 0 aromatic rings. The zero-order valence-corrected chi connectivity index (χ0v) is 15.8. The standard InChI is InChI=1S/C16H28OSi2/c1-16(2,3)19(7,8)17-14-12-10-9-11-13-15-18(4,5)6/h9,11H,14H2,1-8H3/b11-9+. The molecule has 0 rings (SSSR count). The van der Waals surface area contributed by atoms with Gasteiger partial charge < -0.3 is 4.43 Å². The minimum Gasteiger partial charge on any atom is -0.406 e. The first-order chi connectivity index (χ1) is 8.46. The highest BCUT2D eigenvalue weighted by molar-refractivity contribution is 6.83. The van der Waals surface area contributed by atoms with Crippen molar-refractivity contribution in [2.75, 3.05) is 6.61 Å². The average molecular weight is 293 g/mol. The van der Waals surface area contributed by atoms with Crippen LogP contribution in [0.1, 0.15) is 20.8 Å². The van der Waals surface area contributed by atoms with Crippen molar-refractivity contribution in [1.29, 1.82) is 0 Å². The molecule has 0 atom stereocenters. The maximum absolute atomic E-state index is 5.96. The first-order valence-corrected chi connectivity index (χ1v) is 13.2. The van der Waals surface area contributed by atoms with Gasteiger partial charge in [-0.05, 0) is 30.3 Å². The van der Waals surface area contributed by atoms with Gasteiger partial charge in [-0.3, -0.25) is 0 Å². The van der Waals surface area contributed by atoms with E-state index in [4.69, 9.17) is 4.43 Å². The van der Waals surface area contributed by atoms with Crippen LogP contribution in [0.2, 0.25) is 37.8 Å². The summed E-state index contributed by atoms with van der Waals surface area (Å²) in [6.45, 7) is 18.4. The second-order valence-electron chi connectivity index (χ2n) is 7.22. The van der Waals surface area contributed by atoms with Crippen LogP contribution in [0.5, 0.6) is 0 Å². The lowest BCUT2D eigenvalue weighted by molar-refractivity contribution is 0.334. The molecular weight excluding hydrogens is 264 g/mol. The van der Waals surface area contributed by atoms with Crippen LogP contribution < -0.4 is 0 Å². The normalized spacial score (nSPS) is 12.6. The van der Waals surface area contributed by atoms with Crippen LogP contribution in [0, 0.1) is 23.3 Å². The van der Waals surface area contributed by atoms with Gasteiger partial charge in [-0.2, -0.15) is 0 Å². The first-order valence-electron chi connectivity index (χ1n) is 6.76. The quantitative estimate of drug-likeness (QED) is 0.540. The Labute approximate surface area is 122 Å². The molecule has 0 fully saturated rings. The SMILES string of the molecule is CC(C)(C)[Si](C)(C)OCC#C/C=C/C#C[Si](C)(C)C. The highest BCUT2D eigenvalue weighted by Gasteiger charge is 2.36. The second-order valence-corrected chi connectivity index (χ2v) is 16.8. The summed E-state index contributed by atoms with van der Waals surface area (Å²) >= 11 is 0. The van der Waals surface area contributed by atoms with Gasteiger partial charge in [0.25, 0.3) is 0 Å². The van der Waals surface area contributed by atoms with Gasteiger partial charge in [0.15, 0.2) is 8.32 Å². The summed E-state index contributed by atoms with van der Waals surface area (Å²) < 4.78 is 5.96. The minimum absolute atomic E-state index is 0.243. The Balaban J connectivity index is 4.22. The van der Waals surface area contributed by atoms with Crippen LogP contribution in [0.4, 0.5) is 0 Å². The van der Waals surface area contributed by atoms with Gasteiger partial charge in [0, 0.05) is 0 Å². The lowest BCUT2D eigenvalue weighted by Crippen LogP contribution is -2.40. The summed E-state index contributed by atoms with van der Waals surface area (Å²) in [4.78, 5) is 0. The third-order valence-electron chi connectivity index (χ3n) is 3.11. The first kappa shape index (κ1) is 18.3. The van der Waals surface area contributed by atoms with Gasteiger partial charge in [0.05, 0.1) is 6.61 Å². The average Bonchev–Trinajstić information content (AvgIpc) is 2.18. The Morgan fingerprint density at radius 1 is 0.947 bits per heavy atom. The maximum atomic E-state index is 5.96. The Bertz CT molecular complexity index is 426. The number of rotatable bonds is 2. The molecule has 0 saturated heterocycles. The molecule has 0 aliphatic rings. The molecule has 1 nitrogen and oxygen atoms in total. The molecule has 0 aromatic carbocycles. The van der Waals surface area contributed by atoms with Gasteiger partial charge in [-0.15, -0.1) is 5.54 Å². The van der Waals surface area contributed by atoms with Crippen molar-refractivity contribution in [2.24, 2.45) is 0 Å². The molecule has 0 aromatic heterocycles. The van der Waals surface area contributed by atoms with E-state index >= 15 is 0 Å². The number of hydrogen-bond donors (Lipinski definition) is 0. The number of allylic oxidation sites excluding steroid dienone is 2. The van der Waals surface area contributed by atoms with Crippen LogP contribution in [0.25, 0.3) is 0 Å². The van der Waals surface area contributed by atoms with Crippen LogP contribution in [-0.2, 0) is 4.43 Å². The fraction of sp³-hybridized carbons (Fsp3) is 0.625. The molecule has 0 aliphatic carbocycles. The van der Waals surface area contributed by atoms with Crippen LogP contribution in [0.3, 0.4) is 0 Å².